The van der Waals surface area contributed by atoms with E-state index in [4.69, 9.17) is 5.73 Å². The molecule has 3 N–H and O–H groups in total. The summed E-state index contributed by atoms with van der Waals surface area (Å²) in [5, 5.41) is 2.91. The van der Waals surface area contributed by atoms with E-state index in [0.717, 1.165) is 22.0 Å². The lowest BCUT2D eigenvalue weighted by Crippen LogP contribution is -2.55. The molecule has 0 bridgehead atoms. The molecule has 1 amide bonds. The number of rotatable bonds is 3. The van der Waals surface area contributed by atoms with Gasteiger partial charge in [-0.05, 0) is 54.0 Å². The maximum Gasteiger partial charge on any atom is 0.252 e. The molecule has 1 fully saturated rings. The minimum absolute atomic E-state index is 0.0262. The maximum atomic E-state index is 11.9. The Balaban J connectivity index is 1.96. The van der Waals surface area contributed by atoms with Gasteiger partial charge in [0.2, 0.25) is 0 Å². The van der Waals surface area contributed by atoms with Gasteiger partial charge in [0.05, 0.1) is 5.56 Å². The van der Waals surface area contributed by atoms with Crippen LogP contribution in [0.5, 0.6) is 0 Å². The number of hydrogen-bond donors (Lipinski definition) is 2. The summed E-state index contributed by atoms with van der Waals surface area (Å²) in [5.74, 6) is -0.0262. The molecule has 4 heteroatoms. The first kappa shape index (κ1) is 11.9. The van der Waals surface area contributed by atoms with E-state index in [2.05, 4.69) is 27.9 Å². The molecule has 0 unspecified atom stereocenters. The Bertz CT molecular complexity index is 402. The van der Waals surface area contributed by atoms with Gasteiger partial charge >= 0.3 is 0 Å². The fourth-order valence-electron chi connectivity index (χ4n) is 1.80. The lowest BCUT2D eigenvalue weighted by molar-refractivity contribution is 0.0929. The number of halogens is 1. The second-order valence-corrected chi connectivity index (χ2v) is 5.54. The minimum atomic E-state index is -0.157. The third-order valence-electron chi connectivity index (χ3n) is 3.07. The average molecular weight is 330 g/mol. The smallest absolute Gasteiger partial charge is 0.252 e. The van der Waals surface area contributed by atoms with Gasteiger partial charge in [0.15, 0.2) is 0 Å². The van der Waals surface area contributed by atoms with Crippen LogP contribution in [-0.4, -0.2) is 18.0 Å². The van der Waals surface area contributed by atoms with E-state index in [1.54, 1.807) is 0 Å². The molecule has 2 rings (SSSR count). The summed E-state index contributed by atoms with van der Waals surface area (Å²) in [6, 6.07) is 7.56. The van der Waals surface area contributed by atoms with E-state index in [-0.39, 0.29) is 11.4 Å². The van der Waals surface area contributed by atoms with Crippen molar-refractivity contribution < 1.29 is 4.79 Å². The van der Waals surface area contributed by atoms with E-state index in [0.29, 0.717) is 6.54 Å². The first-order valence-corrected chi connectivity index (χ1v) is 6.50. The normalized spacial score (nSPS) is 17.6. The molecule has 1 saturated carbocycles. The summed E-state index contributed by atoms with van der Waals surface area (Å²) in [4.78, 5) is 11.9. The number of carbonyl (C=O) groups excluding carboxylic acids is 1. The molecule has 0 aromatic heterocycles. The largest absolute Gasteiger partial charge is 0.350 e. The zero-order valence-corrected chi connectivity index (χ0v) is 11.2. The van der Waals surface area contributed by atoms with Gasteiger partial charge in [-0.3, -0.25) is 4.79 Å². The van der Waals surface area contributed by atoms with Crippen LogP contribution < -0.4 is 11.1 Å². The van der Waals surface area contributed by atoms with Crippen LogP contribution in [0, 0.1) is 3.57 Å². The van der Waals surface area contributed by atoms with Crippen molar-refractivity contribution in [3.05, 3.63) is 33.4 Å². The standard InChI is InChI=1S/C12H15IN2O/c13-10-5-2-1-4-9(10)11(16)15-8-12(14)6-3-7-12/h1-2,4-5H,3,6-8,14H2,(H,15,16). The van der Waals surface area contributed by atoms with Gasteiger partial charge in [-0.25, -0.2) is 0 Å². The minimum Gasteiger partial charge on any atom is -0.350 e. The Hall–Kier alpha value is -0.620. The average Bonchev–Trinajstić information content (AvgIpc) is 2.24. The number of nitrogens with two attached hydrogens (primary N) is 1. The molecule has 0 heterocycles. The Kier molecular flexibility index (Phi) is 3.49. The SMILES string of the molecule is NC1(CNC(=O)c2ccccc2I)CCC1. The van der Waals surface area contributed by atoms with Crippen molar-refractivity contribution in [3.8, 4) is 0 Å². The number of nitrogens with one attached hydrogen (secondary N) is 1. The van der Waals surface area contributed by atoms with Gasteiger partial charge < -0.3 is 11.1 Å². The van der Waals surface area contributed by atoms with Crippen LogP contribution in [0.25, 0.3) is 0 Å². The van der Waals surface area contributed by atoms with Crippen molar-refractivity contribution in [1.29, 1.82) is 0 Å². The molecule has 1 aromatic carbocycles. The Morgan fingerprint density at radius 3 is 2.69 bits per heavy atom. The third-order valence-corrected chi connectivity index (χ3v) is 4.01. The molecular weight excluding hydrogens is 315 g/mol. The van der Waals surface area contributed by atoms with Gasteiger partial charge in [-0.2, -0.15) is 0 Å². The zero-order chi connectivity index (χ0) is 11.6. The van der Waals surface area contributed by atoms with Crippen molar-refractivity contribution in [3.63, 3.8) is 0 Å². The Morgan fingerprint density at radius 2 is 2.12 bits per heavy atom. The summed E-state index contributed by atoms with van der Waals surface area (Å²) in [6.45, 7) is 0.580. The third kappa shape index (κ3) is 2.55. The summed E-state index contributed by atoms with van der Waals surface area (Å²) in [5.41, 5.74) is 6.62. The van der Waals surface area contributed by atoms with Crippen LogP contribution >= 0.6 is 22.6 Å². The first-order chi connectivity index (χ1) is 7.61. The van der Waals surface area contributed by atoms with E-state index in [1.165, 1.54) is 6.42 Å². The predicted molar refractivity (Wildman–Crippen MR) is 72.3 cm³/mol. The second-order valence-electron chi connectivity index (χ2n) is 4.38. The van der Waals surface area contributed by atoms with Gasteiger partial charge in [-0.15, -0.1) is 0 Å². The van der Waals surface area contributed by atoms with Crippen molar-refractivity contribution in [2.45, 2.75) is 24.8 Å². The fourth-order valence-corrected chi connectivity index (χ4v) is 2.44. The number of amides is 1. The van der Waals surface area contributed by atoms with E-state index >= 15 is 0 Å². The monoisotopic (exact) mass is 330 g/mol. The van der Waals surface area contributed by atoms with Crippen LogP contribution in [0.15, 0.2) is 24.3 Å². The quantitative estimate of drug-likeness (QED) is 0.832. The topological polar surface area (TPSA) is 55.1 Å². The molecule has 1 aliphatic rings. The molecule has 16 heavy (non-hydrogen) atoms. The second kappa shape index (κ2) is 4.71. The van der Waals surface area contributed by atoms with Crippen LogP contribution in [0.1, 0.15) is 29.6 Å². The van der Waals surface area contributed by atoms with Gasteiger partial charge in [0, 0.05) is 15.7 Å². The van der Waals surface area contributed by atoms with Crippen LogP contribution in [0.4, 0.5) is 0 Å². The number of benzene rings is 1. The molecule has 1 aromatic rings. The molecule has 86 valence electrons. The van der Waals surface area contributed by atoms with Crippen LogP contribution in [0.3, 0.4) is 0 Å². The van der Waals surface area contributed by atoms with Crippen molar-refractivity contribution >= 4 is 28.5 Å². The lowest BCUT2D eigenvalue weighted by Gasteiger charge is -2.38. The van der Waals surface area contributed by atoms with Crippen LogP contribution in [-0.2, 0) is 0 Å². The molecule has 3 nitrogen and oxygen atoms in total. The van der Waals surface area contributed by atoms with Gasteiger partial charge in [0.1, 0.15) is 0 Å². The summed E-state index contributed by atoms with van der Waals surface area (Å²) < 4.78 is 0.970. The number of carbonyl (C=O) groups is 1. The molecule has 1 aliphatic carbocycles. The Morgan fingerprint density at radius 1 is 1.44 bits per heavy atom. The maximum absolute atomic E-state index is 11.9. The lowest BCUT2D eigenvalue weighted by atomic mass is 9.78. The highest BCUT2D eigenvalue weighted by atomic mass is 127. The van der Waals surface area contributed by atoms with Crippen molar-refractivity contribution in [2.75, 3.05) is 6.54 Å². The van der Waals surface area contributed by atoms with Crippen molar-refractivity contribution in [1.82, 2.24) is 5.32 Å². The Labute approximate surface area is 109 Å². The summed E-state index contributed by atoms with van der Waals surface area (Å²) in [6.07, 6.45) is 3.20. The fraction of sp³-hybridized carbons (Fsp3) is 0.417. The molecule has 0 spiro atoms. The van der Waals surface area contributed by atoms with E-state index in [9.17, 15) is 4.79 Å². The number of hydrogen-bond acceptors (Lipinski definition) is 2. The summed E-state index contributed by atoms with van der Waals surface area (Å²) >= 11 is 2.17. The highest BCUT2D eigenvalue weighted by Crippen LogP contribution is 2.28. The van der Waals surface area contributed by atoms with E-state index < -0.39 is 0 Å². The van der Waals surface area contributed by atoms with Gasteiger partial charge in [0.25, 0.3) is 5.91 Å². The molecule has 0 saturated heterocycles. The predicted octanol–water partition coefficient (Wildman–Crippen LogP) is 1.90. The molecule has 0 radical (unpaired) electrons. The highest BCUT2D eigenvalue weighted by Gasteiger charge is 2.32. The zero-order valence-electron chi connectivity index (χ0n) is 9.00. The first-order valence-electron chi connectivity index (χ1n) is 5.42. The molecule has 0 aliphatic heterocycles. The van der Waals surface area contributed by atoms with Crippen LogP contribution in [0.2, 0.25) is 0 Å². The van der Waals surface area contributed by atoms with Crippen molar-refractivity contribution in [2.24, 2.45) is 5.73 Å². The van der Waals surface area contributed by atoms with E-state index in [1.807, 2.05) is 24.3 Å². The van der Waals surface area contributed by atoms with Gasteiger partial charge in [-0.1, -0.05) is 12.1 Å². The molecular formula is C12H15IN2O. The molecule has 0 atom stereocenters. The summed E-state index contributed by atoms with van der Waals surface area (Å²) in [7, 11) is 0. The highest BCUT2D eigenvalue weighted by molar-refractivity contribution is 14.1.